The van der Waals surface area contributed by atoms with Gasteiger partial charge < -0.3 is 15.4 Å². The summed E-state index contributed by atoms with van der Waals surface area (Å²) < 4.78 is 4.88. The summed E-state index contributed by atoms with van der Waals surface area (Å²) in [4.78, 5) is 49.0. The monoisotopic (exact) mass is 361 g/mol. The van der Waals surface area contributed by atoms with Crippen molar-refractivity contribution in [1.29, 1.82) is 0 Å². The molecular formula is C18H23N3O5. The fraction of sp³-hybridized carbons (Fsp3) is 0.444. The number of esters is 1. The summed E-state index contributed by atoms with van der Waals surface area (Å²) in [6.45, 7) is 4.45. The third kappa shape index (κ3) is 4.19. The molecule has 1 aliphatic rings. The first-order chi connectivity index (χ1) is 12.3. The maximum atomic E-state index is 12.4. The van der Waals surface area contributed by atoms with Crippen LogP contribution in [0.4, 0.5) is 10.5 Å². The Hall–Kier alpha value is -2.90. The van der Waals surface area contributed by atoms with Gasteiger partial charge in [0, 0.05) is 5.69 Å². The van der Waals surface area contributed by atoms with Crippen molar-refractivity contribution >= 4 is 29.5 Å². The number of benzene rings is 1. The number of imide groups is 1. The molecule has 0 saturated carbocycles. The quantitative estimate of drug-likeness (QED) is 0.567. The third-order valence-electron chi connectivity index (χ3n) is 4.41. The lowest BCUT2D eigenvalue weighted by Crippen LogP contribution is -2.46. The average molecular weight is 361 g/mol. The molecule has 0 radical (unpaired) electrons. The lowest BCUT2D eigenvalue weighted by Gasteiger charge is -2.22. The smallest absolute Gasteiger partial charge is 0.326 e. The topological polar surface area (TPSA) is 105 Å². The van der Waals surface area contributed by atoms with E-state index in [4.69, 9.17) is 4.74 Å². The Morgan fingerprint density at radius 3 is 2.50 bits per heavy atom. The minimum absolute atomic E-state index is 0.429. The van der Waals surface area contributed by atoms with Crippen molar-refractivity contribution in [3.63, 3.8) is 0 Å². The molecule has 1 saturated heterocycles. The van der Waals surface area contributed by atoms with E-state index < -0.39 is 42.5 Å². The molecule has 1 fully saturated rings. The molecule has 0 unspecified atom stereocenters. The van der Waals surface area contributed by atoms with Gasteiger partial charge in [0.15, 0.2) is 6.61 Å². The number of carbonyl (C=O) groups is 4. The van der Waals surface area contributed by atoms with Crippen LogP contribution < -0.4 is 10.6 Å². The van der Waals surface area contributed by atoms with E-state index in [-0.39, 0.29) is 0 Å². The van der Waals surface area contributed by atoms with E-state index in [9.17, 15) is 19.2 Å². The van der Waals surface area contributed by atoms with Crippen LogP contribution in [0.1, 0.15) is 32.3 Å². The Kier molecular flexibility index (Phi) is 5.97. The van der Waals surface area contributed by atoms with Crippen molar-refractivity contribution in [2.45, 2.75) is 39.2 Å². The summed E-state index contributed by atoms with van der Waals surface area (Å²) in [5, 5.41) is 5.23. The summed E-state index contributed by atoms with van der Waals surface area (Å²) in [5.74, 6) is -1.78. The highest BCUT2D eigenvalue weighted by atomic mass is 16.5. The van der Waals surface area contributed by atoms with Crippen LogP contribution in [0.25, 0.3) is 0 Å². The van der Waals surface area contributed by atoms with Gasteiger partial charge in [0.1, 0.15) is 12.1 Å². The Balaban J connectivity index is 1.86. The first-order valence-corrected chi connectivity index (χ1v) is 8.47. The number of urea groups is 1. The molecule has 0 spiro atoms. The van der Waals surface area contributed by atoms with E-state index in [1.54, 1.807) is 32.0 Å². The summed E-state index contributed by atoms with van der Waals surface area (Å²) in [7, 11) is 0. The van der Waals surface area contributed by atoms with Crippen LogP contribution in [0.2, 0.25) is 0 Å². The van der Waals surface area contributed by atoms with E-state index in [1.807, 2.05) is 13.0 Å². The van der Waals surface area contributed by atoms with Gasteiger partial charge in [0.2, 0.25) is 0 Å². The van der Waals surface area contributed by atoms with Gasteiger partial charge in [-0.1, -0.05) is 26.0 Å². The van der Waals surface area contributed by atoms with Gasteiger partial charge in [-0.15, -0.1) is 0 Å². The number of nitrogens with zero attached hydrogens (tertiary/aromatic N) is 1. The number of carbonyl (C=O) groups excluding carboxylic acids is 4. The van der Waals surface area contributed by atoms with Gasteiger partial charge in [-0.25, -0.2) is 4.79 Å². The maximum absolute atomic E-state index is 12.4. The number of ether oxygens (including phenoxy) is 1. The van der Waals surface area contributed by atoms with Crippen molar-refractivity contribution in [2.24, 2.45) is 0 Å². The fourth-order valence-electron chi connectivity index (χ4n) is 2.79. The van der Waals surface area contributed by atoms with E-state index in [0.717, 1.165) is 10.5 Å². The first-order valence-electron chi connectivity index (χ1n) is 8.47. The molecule has 0 atom stereocenters. The zero-order chi connectivity index (χ0) is 19.3. The molecule has 4 amide bonds. The fourth-order valence-corrected chi connectivity index (χ4v) is 2.79. The van der Waals surface area contributed by atoms with Gasteiger partial charge >= 0.3 is 12.0 Å². The van der Waals surface area contributed by atoms with E-state index >= 15 is 0 Å². The molecule has 0 bridgehead atoms. The van der Waals surface area contributed by atoms with Crippen LogP contribution in [-0.2, 0) is 19.1 Å². The minimum atomic E-state index is -0.972. The summed E-state index contributed by atoms with van der Waals surface area (Å²) in [6.07, 6.45) is 0.858. The van der Waals surface area contributed by atoms with Crippen LogP contribution in [0, 0.1) is 6.92 Å². The second-order valence-corrected chi connectivity index (χ2v) is 6.19. The Labute approximate surface area is 151 Å². The second-order valence-electron chi connectivity index (χ2n) is 6.19. The van der Waals surface area contributed by atoms with Crippen LogP contribution in [0.5, 0.6) is 0 Å². The van der Waals surface area contributed by atoms with Crippen LogP contribution in [-0.4, -0.2) is 47.4 Å². The van der Waals surface area contributed by atoms with Gasteiger partial charge in [-0.3, -0.25) is 19.3 Å². The van der Waals surface area contributed by atoms with Crippen molar-refractivity contribution in [1.82, 2.24) is 10.2 Å². The predicted molar refractivity (Wildman–Crippen MR) is 94.3 cm³/mol. The first kappa shape index (κ1) is 19.4. The van der Waals surface area contributed by atoms with E-state index in [2.05, 4.69) is 10.6 Å². The molecule has 0 aromatic heterocycles. The number of nitrogens with one attached hydrogen (secondary N) is 2. The summed E-state index contributed by atoms with van der Waals surface area (Å²) in [5.41, 5.74) is 0.601. The highest BCUT2D eigenvalue weighted by Gasteiger charge is 2.49. The average Bonchev–Trinajstić information content (AvgIpc) is 2.84. The second kappa shape index (κ2) is 7.99. The number of aryl methyl sites for hydroxylation is 1. The van der Waals surface area contributed by atoms with E-state index in [1.165, 1.54) is 0 Å². The van der Waals surface area contributed by atoms with Gasteiger partial charge in [0.05, 0.1) is 0 Å². The summed E-state index contributed by atoms with van der Waals surface area (Å²) >= 11 is 0. The normalized spacial score (nSPS) is 15.6. The number of hydrogen-bond donors (Lipinski definition) is 2. The zero-order valence-corrected chi connectivity index (χ0v) is 15.1. The molecule has 0 aliphatic carbocycles. The zero-order valence-electron chi connectivity index (χ0n) is 15.1. The third-order valence-corrected chi connectivity index (χ3v) is 4.41. The van der Waals surface area contributed by atoms with Crippen LogP contribution in [0.15, 0.2) is 24.3 Å². The Bertz CT molecular complexity index is 727. The predicted octanol–water partition coefficient (Wildman–Crippen LogP) is 1.59. The lowest BCUT2D eigenvalue weighted by molar-refractivity contribution is -0.150. The summed E-state index contributed by atoms with van der Waals surface area (Å²) in [6, 6.07) is 6.56. The molecular weight excluding hydrogens is 338 g/mol. The SMILES string of the molecule is CCC1(CC)NC(=O)N(CC(=O)OCC(=O)Nc2cccc(C)c2)C1=O. The molecule has 26 heavy (non-hydrogen) atoms. The largest absolute Gasteiger partial charge is 0.454 e. The Morgan fingerprint density at radius 1 is 1.23 bits per heavy atom. The van der Waals surface area contributed by atoms with Gasteiger partial charge in [-0.05, 0) is 37.5 Å². The van der Waals surface area contributed by atoms with Crippen molar-refractivity contribution < 1.29 is 23.9 Å². The van der Waals surface area contributed by atoms with Gasteiger partial charge in [-0.2, -0.15) is 0 Å². The maximum Gasteiger partial charge on any atom is 0.326 e. The highest BCUT2D eigenvalue weighted by Crippen LogP contribution is 2.24. The van der Waals surface area contributed by atoms with Crippen LogP contribution >= 0.6 is 0 Å². The highest BCUT2D eigenvalue weighted by molar-refractivity contribution is 6.08. The molecule has 140 valence electrons. The van der Waals surface area contributed by atoms with Crippen molar-refractivity contribution in [2.75, 3.05) is 18.5 Å². The molecule has 1 aromatic rings. The Morgan fingerprint density at radius 2 is 1.92 bits per heavy atom. The number of hydrogen-bond acceptors (Lipinski definition) is 5. The number of anilines is 1. The molecule has 8 nitrogen and oxygen atoms in total. The standard InChI is InChI=1S/C18H23N3O5/c1-4-18(5-2)16(24)21(17(25)20-18)10-15(23)26-11-14(22)19-13-8-6-7-12(3)9-13/h6-9H,4-5,10-11H2,1-3H3,(H,19,22)(H,20,25). The van der Waals surface area contributed by atoms with Crippen LogP contribution in [0.3, 0.4) is 0 Å². The van der Waals surface area contributed by atoms with Gasteiger partial charge in [0.25, 0.3) is 11.8 Å². The molecule has 1 aromatic carbocycles. The molecule has 1 heterocycles. The molecule has 1 aliphatic heterocycles. The molecule has 2 N–H and O–H groups in total. The lowest BCUT2D eigenvalue weighted by atomic mass is 9.93. The number of amides is 4. The van der Waals surface area contributed by atoms with E-state index in [0.29, 0.717) is 18.5 Å². The molecule has 2 rings (SSSR count). The molecule has 8 heteroatoms. The minimum Gasteiger partial charge on any atom is -0.454 e. The number of rotatable bonds is 7. The van der Waals surface area contributed by atoms with Crippen molar-refractivity contribution in [3.05, 3.63) is 29.8 Å². The van der Waals surface area contributed by atoms with Crippen molar-refractivity contribution in [3.8, 4) is 0 Å².